The SMILES string of the molecule is COCOc1c(-c2ccc(C)cc2)c(C)nn1-c1cccc(Oc2ccc3c4ccccc4n(-c4cc(OC)ccn4)c3c2)c1. The van der Waals surface area contributed by atoms with Crippen molar-refractivity contribution in [2.24, 2.45) is 0 Å². The Morgan fingerprint density at radius 1 is 0.711 bits per heavy atom. The molecule has 8 heteroatoms. The summed E-state index contributed by atoms with van der Waals surface area (Å²) in [4.78, 5) is 4.67. The van der Waals surface area contributed by atoms with Crippen molar-refractivity contribution in [3.05, 3.63) is 121 Å². The van der Waals surface area contributed by atoms with Crippen molar-refractivity contribution in [2.45, 2.75) is 13.8 Å². The quantitative estimate of drug-likeness (QED) is 0.156. The Kier molecular flexibility index (Phi) is 7.41. The van der Waals surface area contributed by atoms with E-state index >= 15 is 0 Å². The minimum absolute atomic E-state index is 0.0936. The summed E-state index contributed by atoms with van der Waals surface area (Å²) in [5, 5.41) is 7.10. The summed E-state index contributed by atoms with van der Waals surface area (Å²) < 4.78 is 27.3. The van der Waals surface area contributed by atoms with Gasteiger partial charge in [0.05, 0.1) is 35.1 Å². The van der Waals surface area contributed by atoms with Gasteiger partial charge in [-0.25, -0.2) is 9.67 Å². The second-order valence-corrected chi connectivity index (χ2v) is 10.8. The number of nitrogens with zero attached hydrogens (tertiary/aromatic N) is 4. The predicted octanol–water partition coefficient (Wildman–Crippen LogP) is 8.43. The summed E-state index contributed by atoms with van der Waals surface area (Å²) in [6.07, 6.45) is 1.76. The number of benzene rings is 4. The van der Waals surface area contributed by atoms with E-state index in [1.165, 1.54) is 5.56 Å². The van der Waals surface area contributed by atoms with Gasteiger partial charge in [-0.15, -0.1) is 0 Å². The lowest BCUT2D eigenvalue weighted by molar-refractivity contribution is 0.0464. The number of para-hydroxylation sites is 1. The van der Waals surface area contributed by atoms with Crippen LogP contribution in [0.1, 0.15) is 11.3 Å². The molecule has 0 aliphatic carbocycles. The second-order valence-electron chi connectivity index (χ2n) is 10.8. The predicted molar refractivity (Wildman–Crippen MR) is 176 cm³/mol. The molecule has 0 spiro atoms. The topological polar surface area (TPSA) is 72.6 Å². The number of ether oxygens (including phenoxy) is 4. The van der Waals surface area contributed by atoms with Gasteiger partial charge >= 0.3 is 0 Å². The van der Waals surface area contributed by atoms with Crippen LogP contribution in [0.3, 0.4) is 0 Å². The molecule has 0 radical (unpaired) electrons. The third kappa shape index (κ3) is 5.25. The van der Waals surface area contributed by atoms with Crippen LogP contribution in [0.5, 0.6) is 23.1 Å². The minimum atomic E-state index is 0.0936. The van der Waals surface area contributed by atoms with Crippen molar-refractivity contribution in [3.8, 4) is 45.8 Å². The first-order valence-electron chi connectivity index (χ1n) is 14.6. The summed E-state index contributed by atoms with van der Waals surface area (Å²) in [5.41, 5.74) is 6.81. The number of hydrogen-bond acceptors (Lipinski definition) is 6. The molecule has 0 N–H and O–H groups in total. The Morgan fingerprint density at radius 3 is 2.33 bits per heavy atom. The molecule has 0 fully saturated rings. The monoisotopic (exact) mass is 596 g/mol. The lowest BCUT2D eigenvalue weighted by atomic mass is 10.0. The van der Waals surface area contributed by atoms with E-state index in [0.717, 1.165) is 55.9 Å². The number of methoxy groups -OCH3 is 2. The van der Waals surface area contributed by atoms with Crippen LogP contribution >= 0.6 is 0 Å². The van der Waals surface area contributed by atoms with E-state index in [0.29, 0.717) is 17.4 Å². The van der Waals surface area contributed by atoms with Gasteiger partial charge in [0.15, 0.2) is 6.79 Å². The molecule has 7 aromatic rings. The molecule has 0 unspecified atom stereocenters. The first kappa shape index (κ1) is 28.2. The molecule has 0 saturated heterocycles. The highest BCUT2D eigenvalue weighted by Crippen LogP contribution is 2.38. The number of pyridine rings is 1. The largest absolute Gasteiger partial charge is 0.497 e. The van der Waals surface area contributed by atoms with Gasteiger partial charge in [-0.2, -0.15) is 5.10 Å². The molecule has 0 aliphatic heterocycles. The third-order valence-corrected chi connectivity index (χ3v) is 7.80. The van der Waals surface area contributed by atoms with Crippen LogP contribution in [0.2, 0.25) is 0 Å². The number of aromatic nitrogens is 4. The van der Waals surface area contributed by atoms with E-state index in [-0.39, 0.29) is 6.79 Å². The van der Waals surface area contributed by atoms with Gasteiger partial charge in [0.1, 0.15) is 23.1 Å². The number of aryl methyl sites for hydroxylation is 2. The zero-order valence-electron chi connectivity index (χ0n) is 25.5. The highest BCUT2D eigenvalue weighted by molar-refractivity contribution is 6.09. The summed E-state index contributed by atoms with van der Waals surface area (Å²) in [6.45, 7) is 4.15. The van der Waals surface area contributed by atoms with Crippen molar-refractivity contribution in [2.75, 3.05) is 21.0 Å². The first-order chi connectivity index (χ1) is 22.0. The molecule has 0 atom stereocenters. The number of fused-ring (bicyclic) bond motifs is 3. The number of rotatable bonds is 9. The maximum Gasteiger partial charge on any atom is 0.227 e. The van der Waals surface area contributed by atoms with Crippen LogP contribution in [-0.4, -0.2) is 40.3 Å². The normalized spacial score (nSPS) is 11.3. The smallest absolute Gasteiger partial charge is 0.227 e. The highest BCUT2D eigenvalue weighted by Gasteiger charge is 2.21. The van der Waals surface area contributed by atoms with Gasteiger partial charge in [0.25, 0.3) is 0 Å². The van der Waals surface area contributed by atoms with Crippen LogP contribution in [0.4, 0.5) is 0 Å². The lowest BCUT2D eigenvalue weighted by Crippen LogP contribution is -2.06. The molecule has 3 heterocycles. The van der Waals surface area contributed by atoms with E-state index < -0.39 is 0 Å². The standard InChI is InChI=1S/C37H32N4O4/c1-24-12-14-26(15-13-24)36-25(2)39-41(37(36)44-23-42-3)27-8-7-9-29(20-27)45-30-16-17-32-31-10-5-6-11-33(31)40(34(32)21-30)35-22-28(43-4)18-19-38-35/h5-22H,23H2,1-4H3. The molecule has 4 aromatic carbocycles. The molecule has 7 rings (SSSR count). The number of hydrogen-bond donors (Lipinski definition) is 0. The van der Waals surface area contributed by atoms with Gasteiger partial charge < -0.3 is 18.9 Å². The molecular formula is C37H32N4O4. The second kappa shape index (κ2) is 11.8. The van der Waals surface area contributed by atoms with Crippen LogP contribution < -0.4 is 14.2 Å². The molecule has 0 bridgehead atoms. The Balaban J connectivity index is 1.29. The molecule has 8 nitrogen and oxygen atoms in total. The average Bonchev–Trinajstić information content (AvgIpc) is 3.58. The van der Waals surface area contributed by atoms with Gasteiger partial charge in [0, 0.05) is 42.3 Å². The maximum absolute atomic E-state index is 6.47. The fourth-order valence-corrected chi connectivity index (χ4v) is 5.71. The molecule has 0 amide bonds. The fraction of sp³-hybridized carbons (Fsp3) is 0.135. The third-order valence-electron chi connectivity index (χ3n) is 7.80. The van der Waals surface area contributed by atoms with Crippen LogP contribution in [0.25, 0.3) is 44.4 Å². The minimum Gasteiger partial charge on any atom is -0.497 e. The summed E-state index contributed by atoms with van der Waals surface area (Å²) in [7, 11) is 3.26. The first-order valence-corrected chi connectivity index (χ1v) is 14.6. The van der Waals surface area contributed by atoms with Gasteiger partial charge in [-0.1, -0.05) is 54.1 Å². The van der Waals surface area contributed by atoms with E-state index in [1.54, 1.807) is 25.1 Å². The van der Waals surface area contributed by atoms with Crippen LogP contribution in [-0.2, 0) is 4.74 Å². The zero-order chi connectivity index (χ0) is 30.9. The van der Waals surface area contributed by atoms with Crippen molar-refractivity contribution in [1.29, 1.82) is 0 Å². The molecular weight excluding hydrogens is 564 g/mol. The average molecular weight is 597 g/mol. The van der Waals surface area contributed by atoms with Crippen molar-refractivity contribution in [1.82, 2.24) is 19.3 Å². The van der Waals surface area contributed by atoms with Gasteiger partial charge in [-0.3, -0.25) is 4.57 Å². The van der Waals surface area contributed by atoms with Crippen molar-refractivity contribution < 1.29 is 18.9 Å². The maximum atomic E-state index is 6.47. The molecule has 0 aliphatic rings. The Bertz CT molecular complexity index is 2150. The zero-order valence-corrected chi connectivity index (χ0v) is 25.5. The van der Waals surface area contributed by atoms with Crippen LogP contribution in [0, 0.1) is 13.8 Å². The van der Waals surface area contributed by atoms with E-state index in [1.807, 2.05) is 67.6 Å². The van der Waals surface area contributed by atoms with Crippen LogP contribution in [0.15, 0.2) is 109 Å². The molecule has 3 aromatic heterocycles. The summed E-state index contributed by atoms with van der Waals surface area (Å²) >= 11 is 0. The van der Waals surface area contributed by atoms with Gasteiger partial charge in [0.2, 0.25) is 5.88 Å². The molecule has 224 valence electrons. The highest BCUT2D eigenvalue weighted by atomic mass is 16.7. The Morgan fingerprint density at radius 2 is 1.51 bits per heavy atom. The Hall–Kier alpha value is -5.60. The fourth-order valence-electron chi connectivity index (χ4n) is 5.71. The molecule has 0 saturated carbocycles. The van der Waals surface area contributed by atoms with Gasteiger partial charge in [-0.05, 0) is 55.8 Å². The summed E-state index contributed by atoms with van der Waals surface area (Å²) in [6, 6.07) is 34.4. The van der Waals surface area contributed by atoms with Crippen molar-refractivity contribution >= 4 is 21.8 Å². The van der Waals surface area contributed by atoms with Crippen molar-refractivity contribution in [3.63, 3.8) is 0 Å². The van der Waals surface area contributed by atoms with E-state index in [2.05, 4.69) is 58.9 Å². The van der Waals surface area contributed by atoms with E-state index in [4.69, 9.17) is 24.0 Å². The lowest BCUT2D eigenvalue weighted by Gasteiger charge is -2.13. The Labute approximate surface area is 261 Å². The van der Waals surface area contributed by atoms with E-state index in [9.17, 15) is 0 Å². The summed E-state index contributed by atoms with van der Waals surface area (Å²) in [5.74, 6) is 3.47. The molecule has 45 heavy (non-hydrogen) atoms.